The molecule has 0 fully saturated rings. The third-order valence-corrected chi connectivity index (χ3v) is 11.3. The zero-order valence-corrected chi connectivity index (χ0v) is 32.1. The van der Waals surface area contributed by atoms with Crippen molar-refractivity contribution in [2.75, 3.05) is 0 Å². The fourth-order valence-corrected chi connectivity index (χ4v) is 8.37. The minimum Gasteiger partial charge on any atom is -0.456 e. The van der Waals surface area contributed by atoms with Gasteiger partial charge in [-0.2, -0.15) is 0 Å². The van der Waals surface area contributed by atoms with Crippen LogP contribution >= 0.6 is 0 Å². The van der Waals surface area contributed by atoms with Gasteiger partial charge in [0.1, 0.15) is 11.2 Å². The van der Waals surface area contributed by atoms with Gasteiger partial charge >= 0.3 is 0 Å². The van der Waals surface area contributed by atoms with E-state index < -0.39 is 0 Å². The summed E-state index contributed by atoms with van der Waals surface area (Å²) in [5, 5.41) is 4.61. The molecule has 0 saturated carbocycles. The minimum atomic E-state index is 0.676. The number of fused-ring (bicyclic) bond motifs is 4. The lowest BCUT2D eigenvalue weighted by Gasteiger charge is -2.16. The molecule has 11 aromatic rings. The van der Waals surface area contributed by atoms with Crippen LogP contribution in [0.4, 0.5) is 0 Å². The number of nitrogens with zero attached hydrogens (tertiary/aromatic N) is 2. The maximum absolute atomic E-state index is 6.24. The molecule has 0 radical (unpaired) electrons. The van der Waals surface area contributed by atoms with Crippen LogP contribution in [-0.4, -0.2) is 9.97 Å². The predicted molar refractivity (Wildman–Crippen MR) is 245 cm³/mol. The van der Waals surface area contributed by atoms with Crippen molar-refractivity contribution in [3.8, 4) is 78.4 Å². The first-order chi connectivity index (χ1) is 29.2. The number of benzene rings is 9. The molecule has 59 heavy (non-hydrogen) atoms. The standard InChI is InChI=1S/C56H36N2O/c1-3-15-37(16-4-1)40-21-13-22-41(31-40)43-32-44(42-29-30-55-51(35-42)50-26-11-12-28-54(50)59-55)34-45(33-43)52-36-53(58-56(57-52)39-18-5-2-6-19-39)49-25-10-9-24-48(49)47-27-14-20-38-17-7-8-23-46(38)47/h1-36H. The molecule has 0 spiro atoms. The van der Waals surface area contributed by atoms with Gasteiger partial charge in [-0.25, -0.2) is 9.97 Å². The Morgan fingerprint density at radius 1 is 0.271 bits per heavy atom. The van der Waals surface area contributed by atoms with Gasteiger partial charge in [0.05, 0.1) is 11.4 Å². The Kier molecular flexibility index (Phi) is 8.49. The van der Waals surface area contributed by atoms with Crippen molar-refractivity contribution in [2.45, 2.75) is 0 Å². The number of aromatic nitrogens is 2. The fourth-order valence-electron chi connectivity index (χ4n) is 8.37. The maximum Gasteiger partial charge on any atom is 0.160 e. The number of furan rings is 1. The first kappa shape index (κ1) is 34.4. The highest BCUT2D eigenvalue weighted by atomic mass is 16.3. The maximum atomic E-state index is 6.24. The van der Waals surface area contributed by atoms with Crippen LogP contribution < -0.4 is 0 Å². The molecule has 11 rings (SSSR count). The van der Waals surface area contributed by atoms with E-state index in [0.29, 0.717) is 5.82 Å². The summed E-state index contributed by atoms with van der Waals surface area (Å²) in [6.45, 7) is 0. The topological polar surface area (TPSA) is 38.9 Å². The summed E-state index contributed by atoms with van der Waals surface area (Å²) in [7, 11) is 0. The Morgan fingerprint density at radius 2 is 0.797 bits per heavy atom. The van der Waals surface area contributed by atoms with E-state index in [2.05, 4.69) is 188 Å². The highest BCUT2D eigenvalue weighted by molar-refractivity contribution is 6.06. The average Bonchev–Trinajstić information content (AvgIpc) is 3.70. The van der Waals surface area contributed by atoms with Gasteiger partial charge in [-0.15, -0.1) is 0 Å². The van der Waals surface area contributed by atoms with Crippen molar-refractivity contribution in [1.29, 1.82) is 0 Å². The smallest absolute Gasteiger partial charge is 0.160 e. The fraction of sp³-hybridized carbons (Fsp3) is 0. The van der Waals surface area contributed by atoms with Gasteiger partial charge in [-0.05, 0) is 104 Å². The Bertz CT molecular complexity index is 3320. The van der Waals surface area contributed by atoms with Crippen molar-refractivity contribution < 1.29 is 4.42 Å². The van der Waals surface area contributed by atoms with E-state index in [9.17, 15) is 0 Å². The molecule has 0 saturated heterocycles. The molecular weight excluding hydrogens is 717 g/mol. The second-order valence-corrected chi connectivity index (χ2v) is 15.0. The number of para-hydroxylation sites is 1. The minimum absolute atomic E-state index is 0.676. The van der Waals surface area contributed by atoms with E-state index in [1.807, 2.05) is 30.3 Å². The van der Waals surface area contributed by atoms with Gasteiger partial charge in [0.2, 0.25) is 0 Å². The van der Waals surface area contributed by atoms with E-state index >= 15 is 0 Å². The SMILES string of the molecule is c1ccc(-c2cccc(-c3cc(-c4ccc5oc6ccccc6c5c4)cc(-c4cc(-c5ccccc5-c5cccc6ccccc56)nc(-c5ccccc5)n4)c3)c2)cc1. The van der Waals surface area contributed by atoms with Crippen LogP contribution in [0.15, 0.2) is 223 Å². The van der Waals surface area contributed by atoms with Crippen molar-refractivity contribution in [3.63, 3.8) is 0 Å². The van der Waals surface area contributed by atoms with Crippen LogP contribution in [0.5, 0.6) is 0 Å². The Balaban J connectivity index is 1.14. The van der Waals surface area contributed by atoms with Crippen LogP contribution in [0.25, 0.3) is 111 Å². The third kappa shape index (κ3) is 6.45. The monoisotopic (exact) mass is 752 g/mol. The summed E-state index contributed by atoms with van der Waals surface area (Å²) < 4.78 is 6.24. The third-order valence-electron chi connectivity index (χ3n) is 11.3. The molecule has 0 bridgehead atoms. The molecule has 0 aliphatic carbocycles. The van der Waals surface area contributed by atoms with E-state index in [1.54, 1.807) is 0 Å². The van der Waals surface area contributed by atoms with Crippen LogP contribution in [-0.2, 0) is 0 Å². The number of hydrogen-bond donors (Lipinski definition) is 0. The summed E-state index contributed by atoms with van der Waals surface area (Å²) >= 11 is 0. The largest absolute Gasteiger partial charge is 0.456 e. The molecular formula is C56H36N2O. The van der Waals surface area contributed by atoms with Gasteiger partial charge in [0, 0.05) is 27.5 Å². The van der Waals surface area contributed by atoms with Gasteiger partial charge in [-0.1, -0.05) is 170 Å². The molecule has 3 heteroatoms. The predicted octanol–water partition coefficient (Wildman–Crippen LogP) is 15.2. The average molecular weight is 753 g/mol. The molecule has 9 aromatic carbocycles. The van der Waals surface area contributed by atoms with Crippen molar-refractivity contribution in [2.24, 2.45) is 0 Å². The van der Waals surface area contributed by atoms with Crippen molar-refractivity contribution in [3.05, 3.63) is 218 Å². The zero-order valence-electron chi connectivity index (χ0n) is 32.1. The molecule has 2 heterocycles. The number of rotatable bonds is 7. The summed E-state index contributed by atoms with van der Waals surface area (Å²) in [5.74, 6) is 0.676. The molecule has 0 aliphatic rings. The zero-order chi connectivity index (χ0) is 39.1. The van der Waals surface area contributed by atoms with Crippen LogP contribution in [0.2, 0.25) is 0 Å². The molecule has 0 aliphatic heterocycles. The molecule has 2 aromatic heterocycles. The lowest BCUT2D eigenvalue weighted by atomic mass is 9.91. The van der Waals surface area contributed by atoms with Gasteiger partial charge < -0.3 is 4.42 Å². The summed E-state index contributed by atoms with van der Waals surface area (Å²) in [4.78, 5) is 10.7. The van der Waals surface area contributed by atoms with Crippen molar-refractivity contribution in [1.82, 2.24) is 9.97 Å². The Morgan fingerprint density at radius 3 is 1.61 bits per heavy atom. The van der Waals surface area contributed by atoms with Crippen LogP contribution in [0, 0.1) is 0 Å². The number of hydrogen-bond acceptors (Lipinski definition) is 3. The molecule has 0 atom stereocenters. The van der Waals surface area contributed by atoms with Crippen molar-refractivity contribution >= 4 is 32.7 Å². The summed E-state index contributed by atoms with van der Waals surface area (Å²) in [6.07, 6.45) is 0. The summed E-state index contributed by atoms with van der Waals surface area (Å²) in [6, 6.07) is 77.1. The van der Waals surface area contributed by atoms with Crippen LogP contribution in [0.1, 0.15) is 0 Å². The van der Waals surface area contributed by atoms with E-state index in [4.69, 9.17) is 14.4 Å². The lowest BCUT2D eigenvalue weighted by Crippen LogP contribution is -1.98. The van der Waals surface area contributed by atoms with E-state index in [-0.39, 0.29) is 0 Å². The highest BCUT2D eigenvalue weighted by Gasteiger charge is 2.18. The van der Waals surface area contributed by atoms with Crippen LogP contribution in [0.3, 0.4) is 0 Å². The molecule has 0 N–H and O–H groups in total. The van der Waals surface area contributed by atoms with Gasteiger partial charge in [0.25, 0.3) is 0 Å². The van der Waals surface area contributed by atoms with Gasteiger partial charge in [0.15, 0.2) is 5.82 Å². The highest BCUT2D eigenvalue weighted by Crippen LogP contribution is 2.40. The Hall–Kier alpha value is -7.88. The molecule has 0 unspecified atom stereocenters. The first-order valence-corrected chi connectivity index (χ1v) is 20.0. The van der Waals surface area contributed by atoms with Gasteiger partial charge in [-0.3, -0.25) is 0 Å². The Labute approximate surface area is 342 Å². The second-order valence-electron chi connectivity index (χ2n) is 15.0. The first-order valence-electron chi connectivity index (χ1n) is 20.0. The normalized spacial score (nSPS) is 11.4. The second kappa shape index (κ2) is 14.6. The quantitative estimate of drug-likeness (QED) is 0.163. The molecule has 0 amide bonds. The van der Waals surface area contributed by atoms with E-state index in [0.717, 1.165) is 77.8 Å². The van der Waals surface area contributed by atoms with E-state index in [1.165, 1.54) is 27.5 Å². The molecule has 276 valence electrons. The molecule has 3 nitrogen and oxygen atoms in total. The lowest BCUT2D eigenvalue weighted by molar-refractivity contribution is 0.669. The summed E-state index contributed by atoms with van der Waals surface area (Å²) in [5.41, 5.74) is 15.6.